The van der Waals surface area contributed by atoms with Crippen LogP contribution in [0, 0.1) is 12.7 Å². The maximum Gasteiger partial charge on any atom is 0.342 e. The van der Waals surface area contributed by atoms with Crippen LogP contribution in [0.3, 0.4) is 0 Å². The first kappa shape index (κ1) is 23.6. The molecule has 0 aromatic carbocycles. The minimum absolute atomic E-state index is 0.0616. The summed E-state index contributed by atoms with van der Waals surface area (Å²) in [6, 6.07) is 2.66. The molecule has 2 N–H and O–H groups in total. The zero-order valence-electron chi connectivity index (χ0n) is 19.2. The Morgan fingerprint density at radius 2 is 1.97 bits per heavy atom. The lowest BCUT2D eigenvalue weighted by Gasteiger charge is -2.29. The van der Waals surface area contributed by atoms with E-state index in [1.165, 1.54) is 19.4 Å². The molecule has 0 amide bonds. The lowest BCUT2D eigenvalue weighted by molar-refractivity contribution is -0.302. The molecule has 1 aliphatic carbocycles. The second-order valence-electron chi connectivity index (χ2n) is 8.19. The van der Waals surface area contributed by atoms with Crippen molar-refractivity contribution in [2.75, 3.05) is 12.8 Å². The van der Waals surface area contributed by atoms with E-state index in [9.17, 15) is 14.0 Å². The number of hydrogen-bond donors (Lipinski definition) is 1. The number of aryl methyl sites for hydroxylation is 1. The molecule has 0 atom stereocenters. The van der Waals surface area contributed by atoms with Gasteiger partial charge in [-0.3, -0.25) is 14.2 Å². The van der Waals surface area contributed by atoms with Gasteiger partial charge in [-0.25, -0.2) is 19.2 Å². The molecule has 4 rings (SSSR count). The number of nitrogens with two attached hydrogens (primary N) is 1. The molecule has 1 saturated carbocycles. The summed E-state index contributed by atoms with van der Waals surface area (Å²) in [7, 11) is 1.32. The van der Waals surface area contributed by atoms with E-state index >= 15 is 0 Å². The molecule has 0 saturated heterocycles. The summed E-state index contributed by atoms with van der Waals surface area (Å²) in [5.74, 6) is -1.19. The Kier molecular flexibility index (Phi) is 6.73. The Morgan fingerprint density at radius 3 is 2.62 bits per heavy atom. The van der Waals surface area contributed by atoms with Crippen molar-refractivity contribution in [1.82, 2.24) is 19.5 Å². The van der Waals surface area contributed by atoms with Crippen molar-refractivity contribution in [2.45, 2.75) is 58.1 Å². The third-order valence-corrected chi connectivity index (χ3v) is 5.99. The molecule has 1 fully saturated rings. The van der Waals surface area contributed by atoms with Gasteiger partial charge in [-0.15, -0.1) is 0 Å². The van der Waals surface area contributed by atoms with Crippen molar-refractivity contribution in [3.63, 3.8) is 0 Å². The molecule has 0 aliphatic heterocycles. The molecule has 11 heteroatoms. The predicted octanol–water partition coefficient (Wildman–Crippen LogP) is 3.26. The fraction of sp³-hybridized carbons (Fsp3) is 0.435. The number of ether oxygens (including phenoxy) is 1. The van der Waals surface area contributed by atoms with Gasteiger partial charge in [-0.2, -0.15) is 9.87 Å². The first-order chi connectivity index (χ1) is 16.3. The Labute approximate surface area is 194 Å². The average molecular weight is 471 g/mol. The molecule has 0 bridgehead atoms. The predicted molar refractivity (Wildman–Crippen MR) is 121 cm³/mol. The Hall–Kier alpha value is -3.60. The highest BCUT2D eigenvalue weighted by atomic mass is 19.1. The number of nitrogen functional groups attached to an aromatic ring is 1. The average Bonchev–Trinajstić information content (AvgIpc) is 2.82. The molecule has 1 aliphatic rings. The zero-order valence-corrected chi connectivity index (χ0v) is 19.2. The summed E-state index contributed by atoms with van der Waals surface area (Å²) >= 11 is 0. The first-order valence-corrected chi connectivity index (χ1v) is 11.1. The minimum atomic E-state index is -0.671. The highest BCUT2D eigenvalue weighted by Crippen LogP contribution is 2.33. The van der Waals surface area contributed by atoms with Crippen LogP contribution >= 0.6 is 0 Å². The fourth-order valence-corrected chi connectivity index (χ4v) is 4.22. The summed E-state index contributed by atoms with van der Waals surface area (Å²) in [6.07, 6.45) is 3.71. The van der Waals surface area contributed by atoms with Gasteiger partial charge in [0.15, 0.2) is 5.82 Å². The highest BCUT2D eigenvalue weighted by Gasteiger charge is 2.28. The lowest BCUT2D eigenvalue weighted by atomic mass is 9.92. The van der Waals surface area contributed by atoms with Crippen molar-refractivity contribution in [3.05, 3.63) is 40.2 Å². The maximum atomic E-state index is 14.4. The van der Waals surface area contributed by atoms with E-state index in [1.807, 2.05) is 0 Å². The Morgan fingerprint density at radius 1 is 1.24 bits per heavy atom. The van der Waals surface area contributed by atoms with Crippen LogP contribution in [0.5, 0.6) is 5.88 Å². The number of rotatable bonds is 6. The van der Waals surface area contributed by atoms with E-state index in [1.54, 1.807) is 24.5 Å². The third-order valence-electron chi connectivity index (χ3n) is 5.99. The Balaban J connectivity index is 1.75. The molecular weight excluding hydrogens is 445 g/mol. The van der Waals surface area contributed by atoms with Crippen LogP contribution in [0.15, 0.2) is 23.1 Å². The molecular formula is C23H26FN5O5. The summed E-state index contributed by atoms with van der Waals surface area (Å²) in [6.45, 7) is 3.46. The number of fused-ring (bicyclic) bond motifs is 1. The zero-order chi connectivity index (χ0) is 24.4. The largest absolute Gasteiger partial charge is 0.479 e. The smallest absolute Gasteiger partial charge is 0.342 e. The first-order valence-electron chi connectivity index (χ1n) is 11.1. The van der Waals surface area contributed by atoms with Crippen LogP contribution in [0.2, 0.25) is 0 Å². The number of carbonyl (C=O) groups is 1. The number of anilines is 1. The van der Waals surface area contributed by atoms with Crippen molar-refractivity contribution < 1.29 is 23.7 Å². The van der Waals surface area contributed by atoms with Crippen LogP contribution < -0.4 is 16.0 Å². The summed E-state index contributed by atoms with van der Waals surface area (Å²) in [4.78, 5) is 47.7. The number of pyridine rings is 2. The van der Waals surface area contributed by atoms with Gasteiger partial charge in [0.25, 0.3) is 5.56 Å². The van der Waals surface area contributed by atoms with Crippen LogP contribution in [0.1, 0.15) is 50.8 Å². The molecule has 0 unspecified atom stereocenters. The minimum Gasteiger partial charge on any atom is -0.479 e. The summed E-state index contributed by atoms with van der Waals surface area (Å²) in [5, 5.41) is 0.635. The van der Waals surface area contributed by atoms with Crippen LogP contribution in [-0.2, 0) is 14.6 Å². The lowest BCUT2D eigenvalue weighted by Crippen LogP contribution is -2.32. The van der Waals surface area contributed by atoms with Gasteiger partial charge in [0.1, 0.15) is 11.8 Å². The van der Waals surface area contributed by atoms with E-state index in [0.29, 0.717) is 48.0 Å². The van der Waals surface area contributed by atoms with Crippen LogP contribution in [0.25, 0.3) is 22.2 Å². The van der Waals surface area contributed by atoms with Crippen molar-refractivity contribution in [3.8, 4) is 17.0 Å². The van der Waals surface area contributed by atoms with Gasteiger partial charge < -0.3 is 10.5 Å². The molecule has 3 heterocycles. The number of hydrogen-bond acceptors (Lipinski definition) is 9. The highest BCUT2D eigenvalue weighted by molar-refractivity contribution is 5.84. The standard InChI is InChI=1S/C23H26FN5O5/c1-4-19(30)34-33-15-7-5-14(6-8-15)29-20-16(12(2)27-23(25)28-20)10-17(22(29)31)13-9-18(24)21(32-3)26-11-13/h9-11,14-15H,4-8H2,1-3H3,(H2,25,27,28). The molecule has 3 aromatic rings. The van der Waals surface area contributed by atoms with E-state index < -0.39 is 11.8 Å². The van der Waals surface area contributed by atoms with Gasteiger partial charge >= 0.3 is 5.97 Å². The topological polar surface area (TPSA) is 131 Å². The SMILES string of the molecule is CCC(=O)OOC1CCC(n2c(=O)c(-c3cnc(OC)c(F)c3)cc3c(C)nc(N)nc32)CC1. The normalized spacial score (nSPS) is 18.1. The molecule has 10 nitrogen and oxygen atoms in total. The van der Waals surface area contributed by atoms with Crippen molar-refractivity contribution >= 4 is 23.0 Å². The number of aromatic nitrogens is 4. The van der Waals surface area contributed by atoms with Gasteiger partial charge in [-0.05, 0) is 44.7 Å². The number of halogens is 1. The Bertz CT molecular complexity index is 1290. The van der Waals surface area contributed by atoms with Gasteiger partial charge in [0.05, 0.1) is 12.8 Å². The second-order valence-corrected chi connectivity index (χ2v) is 8.19. The van der Waals surface area contributed by atoms with E-state index in [4.69, 9.17) is 20.2 Å². The fourth-order valence-electron chi connectivity index (χ4n) is 4.22. The van der Waals surface area contributed by atoms with E-state index in [-0.39, 0.29) is 41.5 Å². The molecule has 0 spiro atoms. The van der Waals surface area contributed by atoms with Crippen LogP contribution in [-0.4, -0.2) is 38.7 Å². The molecule has 34 heavy (non-hydrogen) atoms. The summed E-state index contributed by atoms with van der Waals surface area (Å²) < 4.78 is 20.9. The molecule has 180 valence electrons. The summed E-state index contributed by atoms with van der Waals surface area (Å²) in [5.41, 5.74) is 7.17. The maximum absolute atomic E-state index is 14.4. The number of nitrogens with zero attached hydrogens (tertiary/aromatic N) is 4. The number of methoxy groups -OCH3 is 1. The van der Waals surface area contributed by atoms with Gasteiger partial charge in [-0.1, -0.05) is 6.92 Å². The number of carbonyl (C=O) groups excluding carboxylic acids is 1. The monoisotopic (exact) mass is 471 g/mol. The van der Waals surface area contributed by atoms with Crippen LogP contribution in [0.4, 0.5) is 10.3 Å². The van der Waals surface area contributed by atoms with Crippen molar-refractivity contribution in [1.29, 1.82) is 0 Å². The van der Waals surface area contributed by atoms with Crippen molar-refractivity contribution in [2.24, 2.45) is 0 Å². The quantitative estimate of drug-likeness (QED) is 0.425. The van der Waals surface area contributed by atoms with Gasteiger partial charge in [0, 0.05) is 35.2 Å². The van der Waals surface area contributed by atoms with E-state index in [0.717, 1.165) is 0 Å². The molecule has 0 radical (unpaired) electrons. The van der Waals surface area contributed by atoms with E-state index in [2.05, 4.69) is 15.0 Å². The van der Waals surface area contributed by atoms with Gasteiger partial charge in [0.2, 0.25) is 11.8 Å². The molecule has 3 aromatic heterocycles. The third kappa shape index (κ3) is 4.56. The second kappa shape index (κ2) is 9.72.